The number of primary sulfonamides is 1. The summed E-state index contributed by atoms with van der Waals surface area (Å²) >= 11 is 0. The van der Waals surface area contributed by atoms with E-state index in [-0.39, 0.29) is 23.5 Å². The fourth-order valence-corrected chi connectivity index (χ4v) is 3.42. The molecule has 0 unspecified atom stereocenters. The second kappa shape index (κ2) is 7.10. The van der Waals surface area contributed by atoms with Crippen LogP contribution < -0.4 is 10.5 Å². The first-order valence-corrected chi connectivity index (χ1v) is 9.09. The minimum Gasteiger partial charge on any atom is -0.481 e. The molecule has 23 heavy (non-hydrogen) atoms. The smallest absolute Gasteiger partial charge is 0.306 e. The van der Waals surface area contributed by atoms with Gasteiger partial charge in [-0.3, -0.25) is 9.59 Å². The van der Waals surface area contributed by atoms with Crippen LogP contribution in [0.2, 0.25) is 0 Å². The largest absolute Gasteiger partial charge is 0.481 e. The fraction of sp³-hybridized carbons (Fsp3) is 0.467. The van der Waals surface area contributed by atoms with Crippen LogP contribution in [0.15, 0.2) is 24.3 Å². The van der Waals surface area contributed by atoms with Crippen LogP contribution in [0, 0.1) is 11.8 Å². The van der Waals surface area contributed by atoms with Crippen LogP contribution >= 0.6 is 0 Å². The number of carboxylic acid groups (broad SMARTS) is 1. The van der Waals surface area contributed by atoms with Crippen molar-refractivity contribution in [2.24, 2.45) is 17.0 Å². The number of aliphatic carboxylic acids is 1. The normalized spacial score (nSPS) is 21.6. The van der Waals surface area contributed by atoms with E-state index in [9.17, 15) is 18.0 Å². The van der Waals surface area contributed by atoms with Gasteiger partial charge in [0.05, 0.1) is 11.7 Å². The van der Waals surface area contributed by atoms with Gasteiger partial charge in [-0.05, 0) is 43.4 Å². The topological polar surface area (TPSA) is 127 Å². The van der Waals surface area contributed by atoms with Crippen molar-refractivity contribution >= 4 is 27.6 Å². The molecule has 0 heterocycles. The van der Waals surface area contributed by atoms with Crippen molar-refractivity contribution in [2.45, 2.75) is 31.4 Å². The van der Waals surface area contributed by atoms with E-state index in [0.717, 1.165) is 0 Å². The molecular weight excluding hydrogens is 320 g/mol. The van der Waals surface area contributed by atoms with Crippen molar-refractivity contribution in [1.29, 1.82) is 0 Å². The number of carbonyl (C=O) groups is 2. The third-order valence-corrected chi connectivity index (χ3v) is 4.77. The lowest BCUT2D eigenvalue weighted by Crippen LogP contribution is -2.29. The van der Waals surface area contributed by atoms with Crippen molar-refractivity contribution in [1.82, 2.24) is 0 Å². The molecule has 0 atom stereocenters. The lowest BCUT2D eigenvalue weighted by molar-refractivity contribution is -0.143. The predicted molar refractivity (Wildman–Crippen MR) is 85.0 cm³/mol. The molecule has 0 bridgehead atoms. The zero-order valence-electron chi connectivity index (χ0n) is 12.6. The van der Waals surface area contributed by atoms with Gasteiger partial charge in [-0.1, -0.05) is 12.1 Å². The SMILES string of the molecule is NS(=O)(=O)Cc1ccc(NC(=O)C2CCC(C(=O)O)CC2)cc1. The Labute approximate surface area is 134 Å². The summed E-state index contributed by atoms with van der Waals surface area (Å²) in [5, 5.41) is 16.7. The molecule has 7 nitrogen and oxygen atoms in total. The molecule has 1 amide bonds. The van der Waals surface area contributed by atoms with Crippen LogP contribution in [0.4, 0.5) is 5.69 Å². The predicted octanol–water partition coefficient (Wildman–Crippen LogP) is 1.30. The summed E-state index contributed by atoms with van der Waals surface area (Å²) in [4.78, 5) is 23.1. The minimum absolute atomic E-state index is 0.131. The van der Waals surface area contributed by atoms with E-state index in [1.54, 1.807) is 24.3 Å². The summed E-state index contributed by atoms with van der Waals surface area (Å²) in [7, 11) is -3.58. The van der Waals surface area contributed by atoms with Gasteiger partial charge >= 0.3 is 5.97 Å². The number of carboxylic acids is 1. The molecule has 0 spiro atoms. The molecule has 0 aliphatic heterocycles. The minimum atomic E-state index is -3.58. The number of nitrogens with two attached hydrogens (primary N) is 1. The van der Waals surface area contributed by atoms with E-state index in [4.69, 9.17) is 10.2 Å². The summed E-state index contributed by atoms with van der Waals surface area (Å²) in [5.41, 5.74) is 1.13. The molecule has 0 saturated heterocycles. The van der Waals surface area contributed by atoms with Crippen molar-refractivity contribution in [2.75, 3.05) is 5.32 Å². The molecule has 0 radical (unpaired) electrons. The van der Waals surface area contributed by atoms with Gasteiger partial charge in [0.1, 0.15) is 0 Å². The number of benzene rings is 1. The first-order valence-electron chi connectivity index (χ1n) is 7.37. The first kappa shape index (κ1) is 17.4. The van der Waals surface area contributed by atoms with E-state index in [1.807, 2.05) is 0 Å². The van der Waals surface area contributed by atoms with Crippen LogP contribution in [0.3, 0.4) is 0 Å². The lowest BCUT2D eigenvalue weighted by atomic mass is 9.81. The average molecular weight is 340 g/mol. The van der Waals surface area contributed by atoms with Crippen LogP contribution in [0.1, 0.15) is 31.2 Å². The number of rotatable bonds is 5. The first-order chi connectivity index (χ1) is 10.7. The average Bonchev–Trinajstić information content (AvgIpc) is 2.48. The highest BCUT2D eigenvalue weighted by Crippen LogP contribution is 2.29. The third kappa shape index (κ3) is 5.33. The summed E-state index contributed by atoms with van der Waals surface area (Å²) in [5.74, 6) is -1.71. The van der Waals surface area contributed by atoms with Gasteiger partial charge in [-0.15, -0.1) is 0 Å². The van der Waals surface area contributed by atoms with E-state index < -0.39 is 16.0 Å². The molecule has 1 aliphatic rings. The zero-order valence-corrected chi connectivity index (χ0v) is 13.4. The van der Waals surface area contributed by atoms with Gasteiger partial charge in [0.2, 0.25) is 15.9 Å². The standard InChI is InChI=1S/C15H20N2O5S/c16-23(21,22)9-10-1-7-13(8-2-10)17-14(18)11-3-5-12(6-4-11)15(19)20/h1-2,7-8,11-12H,3-6,9H2,(H,17,18)(H,19,20)(H2,16,21,22). The van der Waals surface area contributed by atoms with E-state index >= 15 is 0 Å². The van der Waals surface area contributed by atoms with Crippen LogP contribution in [-0.4, -0.2) is 25.4 Å². The maximum atomic E-state index is 12.2. The number of anilines is 1. The Morgan fingerprint density at radius 3 is 2.09 bits per heavy atom. The van der Waals surface area contributed by atoms with Gasteiger partial charge in [-0.2, -0.15) is 0 Å². The zero-order chi connectivity index (χ0) is 17.0. The summed E-state index contributed by atoms with van der Waals surface area (Å²) in [6, 6.07) is 6.45. The highest BCUT2D eigenvalue weighted by atomic mass is 32.2. The van der Waals surface area contributed by atoms with Gasteiger partial charge in [0.15, 0.2) is 0 Å². The highest BCUT2D eigenvalue weighted by Gasteiger charge is 2.29. The Hall–Kier alpha value is -1.93. The monoisotopic (exact) mass is 340 g/mol. The second-order valence-electron chi connectivity index (χ2n) is 5.88. The number of hydrogen-bond donors (Lipinski definition) is 3. The van der Waals surface area contributed by atoms with Crippen molar-refractivity contribution in [3.63, 3.8) is 0 Å². The van der Waals surface area contributed by atoms with Gasteiger partial charge in [0, 0.05) is 11.6 Å². The summed E-state index contributed by atoms with van der Waals surface area (Å²) in [6.07, 6.45) is 2.15. The summed E-state index contributed by atoms with van der Waals surface area (Å²) in [6.45, 7) is 0. The Morgan fingerprint density at radius 2 is 1.61 bits per heavy atom. The molecule has 1 aromatic carbocycles. The molecule has 1 saturated carbocycles. The van der Waals surface area contributed by atoms with Crippen molar-refractivity contribution < 1.29 is 23.1 Å². The Morgan fingerprint density at radius 1 is 1.09 bits per heavy atom. The summed E-state index contributed by atoms with van der Waals surface area (Å²) < 4.78 is 22.0. The van der Waals surface area contributed by atoms with E-state index in [0.29, 0.717) is 36.9 Å². The van der Waals surface area contributed by atoms with Gasteiger partial charge in [-0.25, -0.2) is 13.6 Å². The van der Waals surface area contributed by atoms with Gasteiger partial charge in [0.25, 0.3) is 0 Å². The van der Waals surface area contributed by atoms with Crippen molar-refractivity contribution in [3.05, 3.63) is 29.8 Å². The number of hydrogen-bond acceptors (Lipinski definition) is 4. The molecule has 1 aliphatic carbocycles. The number of nitrogens with one attached hydrogen (secondary N) is 1. The number of carbonyl (C=O) groups excluding carboxylic acids is 1. The molecule has 2 rings (SSSR count). The highest BCUT2D eigenvalue weighted by molar-refractivity contribution is 7.88. The quantitative estimate of drug-likeness (QED) is 0.745. The van der Waals surface area contributed by atoms with Crippen LogP contribution in [0.5, 0.6) is 0 Å². The lowest BCUT2D eigenvalue weighted by Gasteiger charge is -2.25. The van der Waals surface area contributed by atoms with E-state index in [2.05, 4.69) is 5.32 Å². The van der Waals surface area contributed by atoms with E-state index in [1.165, 1.54) is 0 Å². The van der Waals surface area contributed by atoms with Crippen molar-refractivity contribution in [3.8, 4) is 0 Å². The Bertz CT molecular complexity index is 676. The second-order valence-corrected chi connectivity index (χ2v) is 7.49. The Kier molecular flexibility index (Phi) is 5.38. The van der Waals surface area contributed by atoms with Gasteiger partial charge < -0.3 is 10.4 Å². The molecule has 4 N–H and O–H groups in total. The molecule has 0 aromatic heterocycles. The third-order valence-electron chi connectivity index (χ3n) is 4.04. The molecular formula is C15H20N2O5S. The molecule has 1 aromatic rings. The molecule has 8 heteroatoms. The number of sulfonamides is 1. The maximum absolute atomic E-state index is 12.2. The maximum Gasteiger partial charge on any atom is 0.306 e. The Balaban J connectivity index is 1.90. The number of amides is 1. The molecule has 126 valence electrons. The fourth-order valence-electron chi connectivity index (χ4n) is 2.76. The molecule has 1 fully saturated rings. The van der Waals surface area contributed by atoms with Crippen LogP contribution in [-0.2, 0) is 25.4 Å². The van der Waals surface area contributed by atoms with Crippen LogP contribution in [0.25, 0.3) is 0 Å².